The van der Waals surface area contributed by atoms with E-state index in [2.05, 4.69) is 10.6 Å². The van der Waals surface area contributed by atoms with Crippen LogP contribution < -0.4 is 20.1 Å². The molecule has 0 radical (unpaired) electrons. The molecule has 130 valence electrons. The molecule has 1 heterocycles. The lowest BCUT2D eigenvalue weighted by Crippen LogP contribution is -2.26. The molecule has 0 fully saturated rings. The van der Waals surface area contributed by atoms with Crippen molar-refractivity contribution in [2.75, 3.05) is 19.0 Å². The summed E-state index contributed by atoms with van der Waals surface area (Å²) in [6, 6.07) is 13.2. The predicted molar refractivity (Wildman–Crippen MR) is 93.7 cm³/mol. The normalized spacial score (nSPS) is 12.6. The molecule has 0 unspecified atom stereocenters. The summed E-state index contributed by atoms with van der Waals surface area (Å²) in [5, 5.41) is 5.65. The van der Waals surface area contributed by atoms with Gasteiger partial charge in [-0.05, 0) is 41.8 Å². The highest BCUT2D eigenvalue weighted by Gasteiger charge is 2.15. The molecule has 6 nitrogen and oxygen atoms in total. The third-order valence-electron chi connectivity index (χ3n) is 3.97. The minimum Gasteiger partial charge on any atom is -0.497 e. The van der Waals surface area contributed by atoms with Crippen molar-refractivity contribution < 1.29 is 19.1 Å². The van der Waals surface area contributed by atoms with Gasteiger partial charge in [-0.1, -0.05) is 18.2 Å². The summed E-state index contributed by atoms with van der Waals surface area (Å²) in [4.78, 5) is 23.4. The molecule has 0 bridgehead atoms. The molecule has 1 aliphatic rings. The lowest BCUT2D eigenvalue weighted by atomic mass is 10.1. The first-order valence-corrected chi connectivity index (χ1v) is 8.09. The Labute approximate surface area is 146 Å². The number of hydrogen-bond donors (Lipinski definition) is 2. The molecule has 0 spiro atoms. The zero-order valence-electron chi connectivity index (χ0n) is 14.0. The Morgan fingerprint density at radius 3 is 2.72 bits per heavy atom. The zero-order chi connectivity index (χ0) is 17.6. The number of amides is 2. The van der Waals surface area contributed by atoms with Crippen LogP contribution in [0.2, 0.25) is 0 Å². The Balaban J connectivity index is 1.48. The Morgan fingerprint density at radius 1 is 1.20 bits per heavy atom. The SMILES string of the molecule is COc1ccc(CCC(=O)NCc2ccc3c(c2)NC(=O)CO3)cc1. The number of aryl methyl sites for hydroxylation is 1. The summed E-state index contributed by atoms with van der Waals surface area (Å²) in [6.07, 6.45) is 1.08. The van der Waals surface area contributed by atoms with Gasteiger partial charge in [0.15, 0.2) is 6.61 Å². The molecule has 2 aromatic carbocycles. The summed E-state index contributed by atoms with van der Waals surface area (Å²) in [6.45, 7) is 0.443. The van der Waals surface area contributed by atoms with Crippen LogP contribution in [0.15, 0.2) is 42.5 Å². The summed E-state index contributed by atoms with van der Waals surface area (Å²) in [7, 11) is 1.63. The van der Waals surface area contributed by atoms with E-state index in [1.165, 1.54) is 0 Å². The second-order valence-electron chi connectivity index (χ2n) is 5.79. The van der Waals surface area contributed by atoms with Crippen LogP contribution in [0.1, 0.15) is 17.5 Å². The average Bonchev–Trinajstić information content (AvgIpc) is 2.64. The van der Waals surface area contributed by atoms with Gasteiger partial charge in [-0.3, -0.25) is 9.59 Å². The molecular formula is C19H20N2O4. The van der Waals surface area contributed by atoms with Crippen molar-refractivity contribution in [3.63, 3.8) is 0 Å². The van der Waals surface area contributed by atoms with Crippen LogP contribution in [0.4, 0.5) is 5.69 Å². The zero-order valence-corrected chi connectivity index (χ0v) is 14.0. The highest BCUT2D eigenvalue weighted by Crippen LogP contribution is 2.28. The van der Waals surface area contributed by atoms with E-state index in [1.54, 1.807) is 13.2 Å². The molecule has 2 aromatic rings. The quantitative estimate of drug-likeness (QED) is 0.846. The highest BCUT2D eigenvalue weighted by molar-refractivity contribution is 5.95. The van der Waals surface area contributed by atoms with E-state index in [9.17, 15) is 9.59 Å². The van der Waals surface area contributed by atoms with E-state index in [4.69, 9.17) is 9.47 Å². The minimum atomic E-state index is -0.173. The van der Waals surface area contributed by atoms with Crippen LogP contribution in [0.5, 0.6) is 11.5 Å². The Hall–Kier alpha value is -3.02. The van der Waals surface area contributed by atoms with Crippen LogP contribution in [-0.4, -0.2) is 25.5 Å². The van der Waals surface area contributed by atoms with Crippen molar-refractivity contribution in [1.29, 1.82) is 0 Å². The lowest BCUT2D eigenvalue weighted by Gasteiger charge is -2.18. The molecule has 2 amide bonds. The molecule has 0 atom stereocenters. The number of rotatable bonds is 6. The molecule has 0 saturated heterocycles. The third-order valence-corrected chi connectivity index (χ3v) is 3.97. The second kappa shape index (κ2) is 7.70. The smallest absolute Gasteiger partial charge is 0.262 e. The number of benzene rings is 2. The Morgan fingerprint density at radius 2 is 1.96 bits per heavy atom. The van der Waals surface area contributed by atoms with E-state index in [-0.39, 0.29) is 18.4 Å². The van der Waals surface area contributed by atoms with Crippen molar-refractivity contribution in [1.82, 2.24) is 5.32 Å². The molecule has 1 aliphatic heterocycles. The van der Waals surface area contributed by atoms with Gasteiger partial charge < -0.3 is 20.1 Å². The Kier molecular flexibility index (Phi) is 5.18. The van der Waals surface area contributed by atoms with Crippen LogP contribution in [0.3, 0.4) is 0 Å². The molecule has 2 N–H and O–H groups in total. The minimum absolute atomic E-state index is 0.0196. The fraction of sp³-hybridized carbons (Fsp3) is 0.263. The van der Waals surface area contributed by atoms with Crippen LogP contribution in [0.25, 0.3) is 0 Å². The van der Waals surface area contributed by atoms with E-state index in [1.807, 2.05) is 36.4 Å². The van der Waals surface area contributed by atoms with Crippen molar-refractivity contribution in [2.24, 2.45) is 0 Å². The number of ether oxygens (including phenoxy) is 2. The molecule has 25 heavy (non-hydrogen) atoms. The van der Waals surface area contributed by atoms with Gasteiger partial charge in [0.2, 0.25) is 5.91 Å². The van der Waals surface area contributed by atoms with Gasteiger partial charge in [0.05, 0.1) is 12.8 Å². The number of hydrogen-bond acceptors (Lipinski definition) is 4. The summed E-state index contributed by atoms with van der Waals surface area (Å²) in [5.74, 6) is 1.26. The molecule has 0 aliphatic carbocycles. The number of fused-ring (bicyclic) bond motifs is 1. The molecule has 0 saturated carbocycles. The van der Waals surface area contributed by atoms with Gasteiger partial charge in [0.25, 0.3) is 5.91 Å². The largest absolute Gasteiger partial charge is 0.497 e. The standard InChI is InChI=1S/C19H20N2O4/c1-24-15-6-2-13(3-7-15)5-9-18(22)20-11-14-4-8-17-16(10-14)21-19(23)12-25-17/h2-4,6-8,10H,5,9,11-12H2,1H3,(H,20,22)(H,21,23). The fourth-order valence-corrected chi connectivity index (χ4v) is 2.58. The lowest BCUT2D eigenvalue weighted by molar-refractivity contribution is -0.121. The summed E-state index contributed by atoms with van der Waals surface area (Å²) < 4.78 is 10.4. The predicted octanol–water partition coefficient (Wildman–Crippen LogP) is 2.28. The van der Waals surface area contributed by atoms with Gasteiger partial charge in [0.1, 0.15) is 11.5 Å². The first-order chi connectivity index (χ1) is 12.1. The number of anilines is 1. The number of nitrogens with one attached hydrogen (secondary N) is 2. The first-order valence-electron chi connectivity index (χ1n) is 8.09. The fourth-order valence-electron chi connectivity index (χ4n) is 2.58. The number of carbonyl (C=O) groups is 2. The maximum atomic E-state index is 12.0. The van der Waals surface area contributed by atoms with Gasteiger partial charge in [-0.15, -0.1) is 0 Å². The van der Waals surface area contributed by atoms with E-state index < -0.39 is 0 Å². The van der Waals surface area contributed by atoms with Gasteiger partial charge in [-0.25, -0.2) is 0 Å². The molecule has 0 aromatic heterocycles. The monoisotopic (exact) mass is 340 g/mol. The number of methoxy groups -OCH3 is 1. The van der Waals surface area contributed by atoms with Crippen molar-refractivity contribution >= 4 is 17.5 Å². The van der Waals surface area contributed by atoms with Crippen molar-refractivity contribution in [3.8, 4) is 11.5 Å². The first kappa shape index (κ1) is 16.8. The summed E-state index contributed by atoms with van der Waals surface area (Å²) >= 11 is 0. The molecule has 6 heteroatoms. The highest BCUT2D eigenvalue weighted by atomic mass is 16.5. The third kappa shape index (κ3) is 4.50. The average molecular weight is 340 g/mol. The van der Waals surface area contributed by atoms with Gasteiger partial charge in [-0.2, -0.15) is 0 Å². The number of carbonyl (C=O) groups excluding carboxylic acids is 2. The maximum absolute atomic E-state index is 12.0. The summed E-state index contributed by atoms with van der Waals surface area (Å²) in [5.41, 5.74) is 2.63. The van der Waals surface area contributed by atoms with E-state index in [0.29, 0.717) is 30.8 Å². The Bertz CT molecular complexity index is 771. The van der Waals surface area contributed by atoms with E-state index >= 15 is 0 Å². The van der Waals surface area contributed by atoms with Crippen LogP contribution >= 0.6 is 0 Å². The van der Waals surface area contributed by atoms with Crippen LogP contribution in [-0.2, 0) is 22.6 Å². The van der Waals surface area contributed by atoms with Gasteiger partial charge in [0, 0.05) is 13.0 Å². The van der Waals surface area contributed by atoms with E-state index in [0.717, 1.165) is 16.9 Å². The molecule has 3 rings (SSSR count). The van der Waals surface area contributed by atoms with Crippen molar-refractivity contribution in [3.05, 3.63) is 53.6 Å². The topological polar surface area (TPSA) is 76.7 Å². The van der Waals surface area contributed by atoms with Crippen LogP contribution in [0, 0.1) is 0 Å². The van der Waals surface area contributed by atoms with Gasteiger partial charge >= 0.3 is 0 Å². The second-order valence-corrected chi connectivity index (χ2v) is 5.79. The molecular weight excluding hydrogens is 320 g/mol. The maximum Gasteiger partial charge on any atom is 0.262 e. The van der Waals surface area contributed by atoms with Crippen molar-refractivity contribution in [2.45, 2.75) is 19.4 Å².